The van der Waals surface area contributed by atoms with E-state index in [9.17, 15) is 5.11 Å². The van der Waals surface area contributed by atoms with E-state index in [1.807, 2.05) is 13.2 Å². The van der Waals surface area contributed by atoms with Crippen LogP contribution in [0.5, 0.6) is 0 Å². The van der Waals surface area contributed by atoms with E-state index in [0.29, 0.717) is 18.1 Å². The van der Waals surface area contributed by atoms with Crippen LogP contribution in [0.25, 0.3) is 0 Å². The molecule has 2 aliphatic heterocycles. The average Bonchev–Trinajstić information content (AvgIpc) is 2.73. The van der Waals surface area contributed by atoms with Gasteiger partial charge in [-0.25, -0.2) is 0 Å². The van der Waals surface area contributed by atoms with Gasteiger partial charge in [0.2, 0.25) is 0 Å². The van der Waals surface area contributed by atoms with Gasteiger partial charge >= 0.3 is 0 Å². The maximum Gasteiger partial charge on any atom is 0.0579 e. The highest BCUT2D eigenvalue weighted by molar-refractivity contribution is 5.49. The van der Waals surface area contributed by atoms with Crippen molar-refractivity contribution >= 4 is 5.69 Å². The number of hydrogen-bond donors (Lipinski definition) is 2. The zero-order valence-corrected chi connectivity index (χ0v) is 12.4. The fourth-order valence-electron chi connectivity index (χ4n) is 3.89. The van der Waals surface area contributed by atoms with Crippen molar-refractivity contribution in [3.8, 4) is 0 Å². The number of pyridine rings is 1. The van der Waals surface area contributed by atoms with E-state index in [0.717, 1.165) is 25.0 Å². The van der Waals surface area contributed by atoms with Crippen LogP contribution in [0.15, 0.2) is 18.3 Å². The predicted octanol–water partition coefficient (Wildman–Crippen LogP) is 2.24. The molecule has 110 valence electrons. The van der Waals surface area contributed by atoms with E-state index in [1.54, 1.807) is 0 Å². The van der Waals surface area contributed by atoms with E-state index < -0.39 is 0 Å². The number of hydrogen-bond acceptors (Lipinski definition) is 4. The Balaban J connectivity index is 1.78. The molecule has 0 radical (unpaired) electrons. The molecule has 0 aliphatic carbocycles. The fourth-order valence-corrected chi connectivity index (χ4v) is 3.89. The van der Waals surface area contributed by atoms with Crippen molar-refractivity contribution in [2.24, 2.45) is 0 Å². The summed E-state index contributed by atoms with van der Waals surface area (Å²) in [6, 6.07) is 5.69. The van der Waals surface area contributed by atoms with Gasteiger partial charge in [-0.1, -0.05) is 6.92 Å². The number of nitrogens with zero attached hydrogens (tertiary/aromatic N) is 2. The molecule has 1 aromatic rings. The van der Waals surface area contributed by atoms with Gasteiger partial charge in [-0.2, -0.15) is 0 Å². The van der Waals surface area contributed by atoms with Crippen LogP contribution in [0.2, 0.25) is 0 Å². The van der Waals surface area contributed by atoms with E-state index in [4.69, 9.17) is 0 Å². The molecule has 1 aromatic heterocycles. The maximum atomic E-state index is 9.88. The van der Waals surface area contributed by atoms with Gasteiger partial charge in [0.05, 0.1) is 23.7 Å². The summed E-state index contributed by atoms with van der Waals surface area (Å²) >= 11 is 0. The standard InChI is InChI=1S/C16H25N3O/c1-3-15(17-2)16-7-6-13(10-18-16)19-11-4-5-12(19)9-14(20)8-11/h6-7,10-12,14-15,17,20H,3-5,8-9H2,1-2H3. The van der Waals surface area contributed by atoms with E-state index >= 15 is 0 Å². The van der Waals surface area contributed by atoms with Crippen LogP contribution in [-0.4, -0.2) is 35.3 Å². The largest absolute Gasteiger partial charge is 0.393 e. The van der Waals surface area contributed by atoms with Crippen LogP contribution in [0.4, 0.5) is 5.69 Å². The van der Waals surface area contributed by atoms with Crippen LogP contribution in [0.3, 0.4) is 0 Å². The molecule has 0 saturated carbocycles. The molecule has 3 unspecified atom stereocenters. The molecule has 4 heteroatoms. The number of rotatable bonds is 4. The van der Waals surface area contributed by atoms with Gasteiger partial charge in [0.15, 0.2) is 0 Å². The van der Waals surface area contributed by atoms with Gasteiger partial charge in [0, 0.05) is 18.1 Å². The fraction of sp³-hybridized carbons (Fsp3) is 0.688. The molecule has 2 fully saturated rings. The molecule has 20 heavy (non-hydrogen) atoms. The molecule has 2 saturated heterocycles. The molecule has 0 aromatic carbocycles. The first-order chi connectivity index (χ1) is 9.72. The molecular formula is C16H25N3O. The molecular weight excluding hydrogens is 250 g/mol. The molecule has 2 N–H and O–H groups in total. The summed E-state index contributed by atoms with van der Waals surface area (Å²) < 4.78 is 0. The summed E-state index contributed by atoms with van der Waals surface area (Å²) in [5.74, 6) is 0. The second-order valence-electron chi connectivity index (χ2n) is 6.11. The highest BCUT2D eigenvalue weighted by atomic mass is 16.3. The number of fused-ring (bicyclic) bond motifs is 2. The van der Waals surface area contributed by atoms with Gasteiger partial charge in [0.25, 0.3) is 0 Å². The average molecular weight is 275 g/mol. The minimum Gasteiger partial charge on any atom is -0.393 e. The first-order valence-corrected chi connectivity index (χ1v) is 7.82. The zero-order valence-electron chi connectivity index (χ0n) is 12.4. The van der Waals surface area contributed by atoms with Crippen molar-refractivity contribution in [2.75, 3.05) is 11.9 Å². The monoisotopic (exact) mass is 275 g/mol. The van der Waals surface area contributed by atoms with Gasteiger partial charge in [-0.15, -0.1) is 0 Å². The minimum absolute atomic E-state index is 0.107. The third-order valence-electron chi connectivity index (χ3n) is 4.89. The third-order valence-corrected chi connectivity index (χ3v) is 4.89. The van der Waals surface area contributed by atoms with E-state index in [1.165, 1.54) is 18.5 Å². The Morgan fingerprint density at radius 1 is 1.35 bits per heavy atom. The molecule has 3 heterocycles. The van der Waals surface area contributed by atoms with Crippen LogP contribution in [-0.2, 0) is 0 Å². The lowest BCUT2D eigenvalue weighted by molar-refractivity contribution is 0.126. The number of nitrogens with one attached hydrogen (secondary N) is 1. The lowest BCUT2D eigenvalue weighted by Gasteiger charge is -2.38. The zero-order chi connectivity index (χ0) is 14.1. The van der Waals surface area contributed by atoms with Crippen LogP contribution in [0, 0.1) is 0 Å². The van der Waals surface area contributed by atoms with Gasteiger partial charge in [0.1, 0.15) is 0 Å². The van der Waals surface area contributed by atoms with Gasteiger partial charge < -0.3 is 15.3 Å². The van der Waals surface area contributed by atoms with Gasteiger partial charge in [-0.05, 0) is 51.3 Å². The second kappa shape index (κ2) is 5.70. The number of piperidine rings is 1. The molecule has 4 nitrogen and oxygen atoms in total. The smallest absolute Gasteiger partial charge is 0.0579 e. The SMILES string of the molecule is CCC(NC)c1ccc(N2C3CCC2CC(O)C3)cn1. The van der Waals surface area contributed by atoms with E-state index in [2.05, 4.69) is 34.3 Å². The Hall–Kier alpha value is -1.13. The first kappa shape index (κ1) is 13.8. The number of aliphatic hydroxyl groups excluding tert-OH is 1. The van der Waals surface area contributed by atoms with Crippen LogP contribution >= 0.6 is 0 Å². The highest BCUT2D eigenvalue weighted by Crippen LogP contribution is 2.39. The van der Waals surface area contributed by atoms with Crippen LogP contribution < -0.4 is 10.2 Å². The summed E-state index contributed by atoms with van der Waals surface area (Å²) in [6.07, 6.45) is 7.18. The molecule has 3 atom stereocenters. The Bertz CT molecular complexity index is 430. The minimum atomic E-state index is -0.107. The van der Waals surface area contributed by atoms with Crippen molar-refractivity contribution in [2.45, 2.75) is 63.3 Å². The van der Waals surface area contributed by atoms with Crippen molar-refractivity contribution in [1.82, 2.24) is 10.3 Å². The summed E-state index contributed by atoms with van der Waals surface area (Å²) in [6.45, 7) is 2.17. The highest BCUT2D eigenvalue weighted by Gasteiger charge is 2.40. The van der Waals surface area contributed by atoms with Crippen molar-refractivity contribution < 1.29 is 5.11 Å². The first-order valence-electron chi connectivity index (χ1n) is 7.82. The summed E-state index contributed by atoms with van der Waals surface area (Å²) in [5, 5.41) is 13.2. The number of anilines is 1. The van der Waals surface area contributed by atoms with Crippen molar-refractivity contribution in [3.05, 3.63) is 24.0 Å². The predicted molar refractivity (Wildman–Crippen MR) is 80.9 cm³/mol. The maximum absolute atomic E-state index is 9.88. The third kappa shape index (κ3) is 2.42. The second-order valence-corrected chi connectivity index (χ2v) is 6.11. The molecule has 0 spiro atoms. The quantitative estimate of drug-likeness (QED) is 0.885. The van der Waals surface area contributed by atoms with Gasteiger partial charge in [-0.3, -0.25) is 4.98 Å². The number of aromatic nitrogens is 1. The Morgan fingerprint density at radius 2 is 2.05 bits per heavy atom. The molecule has 3 rings (SSSR count). The summed E-state index contributed by atoms with van der Waals surface area (Å²) in [4.78, 5) is 7.13. The molecule has 0 amide bonds. The lowest BCUT2D eigenvalue weighted by atomic mass is 9.99. The van der Waals surface area contributed by atoms with Crippen LogP contribution in [0.1, 0.15) is 50.8 Å². The van der Waals surface area contributed by atoms with E-state index in [-0.39, 0.29) is 6.10 Å². The normalized spacial score (nSPS) is 30.6. The topological polar surface area (TPSA) is 48.4 Å². The Morgan fingerprint density at radius 3 is 2.55 bits per heavy atom. The van der Waals surface area contributed by atoms with Crippen molar-refractivity contribution in [1.29, 1.82) is 0 Å². The molecule has 2 aliphatic rings. The van der Waals surface area contributed by atoms with Crippen molar-refractivity contribution in [3.63, 3.8) is 0 Å². The Kier molecular flexibility index (Phi) is 3.94. The lowest BCUT2D eigenvalue weighted by Crippen LogP contribution is -2.44. The summed E-state index contributed by atoms with van der Waals surface area (Å²) in [7, 11) is 1.98. The Labute approximate surface area is 121 Å². The summed E-state index contributed by atoms with van der Waals surface area (Å²) in [5.41, 5.74) is 2.34. The number of aliphatic hydroxyl groups is 1. The molecule has 2 bridgehead atoms.